The van der Waals surface area contributed by atoms with E-state index in [1.807, 2.05) is 6.92 Å². The third-order valence-corrected chi connectivity index (χ3v) is 3.74. The van der Waals surface area contributed by atoms with Crippen molar-refractivity contribution in [2.24, 2.45) is 0 Å². The summed E-state index contributed by atoms with van der Waals surface area (Å²) in [5.74, 6) is -2.11. The second kappa shape index (κ2) is 5.58. The van der Waals surface area contributed by atoms with Crippen LogP contribution in [0.25, 0.3) is 0 Å². The molecule has 1 fully saturated rings. The second-order valence-corrected chi connectivity index (χ2v) is 4.92. The number of carbonyl (C=O) groups is 2. The van der Waals surface area contributed by atoms with E-state index in [-0.39, 0.29) is 17.2 Å². The third-order valence-electron chi connectivity index (χ3n) is 3.74. The molecule has 5 nitrogen and oxygen atoms in total. The van der Waals surface area contributed by atoms with Crippen molar-refractivity contribution in [2.45, 2.75) is 31.7 Å². The van der Waals surface area contributed by atoms with Gasteiger partial charge in [-0.25, -0.2) is 9.18 Å². The number of nitrogens with one attached hydrogen (secondary N) is 2. The number of carbonyl (C=O) groups excluding carboxylic acids is 1. The lowest BCUT2D eigenvalue weighted by Gasteiger charge is -2.27. The molecule has 2 rings (SSSR count). The Morgan fingerprint density at radius 3 is 2.80 bits per heavy atom. The fourth-order valence-corrected chi connectivity index (χ4v) is 2.51. The van der Waals surface area contributed by atoms with Gasteiger partial charge in [0, 0.05) is 0 Å². The van der Waals surface area contributed by atoms with Gasteiger partial charge in [0.05, 0.1) is 16.8 Å². The Kier molecular flexibility index (Phi) is 4.04. The smallest absolute Gasteiger partial charge is 0.337 e. The molecule has 108 valence electrons. The Morgan fingerprint density at radius 2 is 2.25 bits per heavy atom. The van der Waals surface area contributed by atoms with Crippen LogP contribution in [0.4, 0.5) is 10.1 Å². The number of rotatable bonds is 4. The molecule has 1 aromatic rings. The van der Waals surface area contributed by atoms with Gasteiger partial charge in [0.1, 0.15) is 5.82 Å². The standard InChI is InChI=1S/C14H17FN2O3/c1-2-14(6-3-7-16-14)13(20)17-11-8-9(15)4-5-10(11)12(18)19/h4-5,8,16H,2-3,6-7H2,1H3,(H,17,20)(H,18,19). The average Bonchev–Trinajstić information content (AvgIpc) is 2.88. The van der Waals surface area contributed by atoms with Gasteiger partial charge in [0.15, 0.2) is 0 Å². The number of aromatic carboxylic acids is 1. The fourth-order valence-electron chi connectivity index (χ4n) is 2.51. The quantitative estimate of drug-likeness (QED) is 0.788. The van der Waals surface area contributed by atoms with Crippen LogP contribution in [-0.2, 0) is 4.79 Å². The summed E-state index contributed by atoms with van der Waals surface area (Å²) < 4.78 is 13.3. The van der Waals surface area contributed by atoms with E-state index in [2.05, 4.69) is 10.6 Å². The number of carboxylic acids is 1. The minimum atomic E-state index is -1.20. The zero-order chi connectivity index (χ0) is 14.8. The SMILES string of the molecule is CCC1(C(=O)Nc2cc(F)ccc2C(=O)O)CCCN1. The highest BCUT2D eigenvalue weighted by atomic mass is 19.1. The van der Waals surface area contributed by atoms with Gasteiger partial charge in [0.2, 0.25) is 5.91 Å². The lowest BCUT2D eigenvalue weighted by molar-refractivity contribution is -0.122. The molecule has 0 spiro atoms. The number of halogens is 1. The minimum Gasteiger partial charge on any atom is -0.478 e. The fraction of sp³-hybridized carbons (Fsp3) is 0.429. The van der Waals surface area contributed by atoms with Gasteiger partial charge in [0.25, 0.3) is 0 Å². The average molecular weight is 280 g/mol. The molecule has 1 amide bonds. The Bertz CT molecular complexity index is 539. The van der Waals surface area contributed by atoms with Crippen LogP contribution in [-0.4, -0.2) is 29.1 Å². The number of benzene rings is 1. The van der Waals surface area contributed by atoms with Gasteiger partial charge in [-0.3, -0.25) is 4.79 Å². The molecule has 1 unspecified atom stereocenters. The van der Waals surface area contributed by atoms with Crippen LogP contribution in [0.2, 0.25) is 0 Å². The highest BCUT2D eigenvalue weighted by Gasteiger charge is 2.39. The van der Waals surface area contributed by atoms with E-state index < -0.39 is 17.3 Å². The molecular formula is C14H17FN2O3. The molecule has 0 saturated carbocycles. The van der Waals surface area contributed by atoms with E-state index in [0.29, 0.717) is 12.8 Å². The number of carboxylic acid groups (broad SMARTS) is 1. The maximum absolute atomic E-state index is 13.3. The van der Waals surface area contributed by atoms with E-state index in [9.17, 15) is 14.0 Å². The van der Waals surface area contributed by atoms with Gasteiger partial charge in [-0.05, 0) is 44.0 Å². The van der Waals surface area contributed by atoms with Crippen molar-refractivity contribution in [1.29, 1.82) is 0 Å². The zero-order valence-corrected chi connectivity index (χ0v) is 11.2. The number of hydrogen-bond acceptors (Lipinski definition) is 3. The van der Waals surface area contributed by atoms with Crippen LogP contribution in [0.15, 0.2) is 18.2 Å². The first-order chi connectivity index (χ1) is 9.48. The molecule has 1 aromatic carbocycles. The van der Waals surface area contributed by atoms with Gasteiger partial charge in [-0.2, -0.15) is 0 Å². The zero-order valence-electron chi connectivity index (χ0n) is 11.2. The molecule has 0 radical (unpaired) electrons. The first-order valence-corrected chi connectivity index (χ1v) is 6.58. The summed E-state index contributed by atoms with van der Waals surface area (Å²) in [4.78, 5) is 23.5. The molecule has 6 heteroatoms. The topological polar surface area (TPSA) is 78.4 Å². The van der Waals surface area contributed by atoms with Crippen molar-refractivity contribution in [3.8, 4) is 0 Å². The number of hydrogen-bond donors (Lipinski definition) is 3. The Morgan fingerprint density at radius 1 is 1.50 bits per heavy atom. The van der Waals surface area contributed by atoms with Crippen molar-refractivity contribution < 1.29 is 19.1 Å². The molecule has 20 heavy (non-hydrogen) atoms. The summed E-state index contributed by atoms with van der Waals surface area (Å²) in [5.41, 5.74) is -0.824. The molecule has 0 bridgehead atoms. The molecule has 1 aliphatic rings. The molecule has 3 N–H and O–H groups in total. The van der Waals surface area contributed by atoms with Crippen LogP contribution in [0.5, 0.6) is 0 Å². The van der Waals surface area contributed by atoms with Crippen molar-refractivity contribution in [3.63, 3.8) is 0 Å². The van der Waals surface area contributed by atoms with E-state index >= 15 is 0 Å². The highest BCUT2D eigenvalue weighted by Crippen LogP contribution is 2.26. The van der Waals surface area contributed by atoms with Crippen molar-refractivity contribution in [3.05, 3.63) is 29.6 Å². The molecule has 1 aliphatic heterocycles. The molecule has 1 saturated heterocycles. The first kappa shape index (κ1) is 14.5. The van der Waals surface area contributed by atoms with Gasteiger partial charge in [-0.15, -0.1) is 0 Å². The molecule has 1 heterocycles. The lowest BCUT2D eigenvalue weighted by atomic mass is 9.93. The predicted octanol–water partition coefficient (Wildman–Crippen LogP) is 1.99. The summed E-state index contributed by atoms with van der Waals surface area (Å²) >= 11 is 0. The van der Waals surface area contributed by atoms with E-state index in [1.54, 1.807) is 0 Å². The monoisotopic (exact) mass is 280 g/mol. The van der Waals surface area contributed by atoms with E-state index in [0.717, 1.165) is 31.2 Å². The van der Waals surface area contributed by atoms with Crippen molar-refractivity contribution >= 4 is 17.6 Å². The maximum atomic E-state index is 13.3. The van der Waals surface area contributed by atoms with Crippen LogP contribution in [0.1, 0.15) is 36.5 Å². The summed E-state index contributed by atoms with van der Waals surface area (Å²) in [5, 5.41) is 14.8. The number of amides is 1. The van der Waals surface area contributed by atoms with Gasteiger partial charge >= 0.3 is 5.97 Å². The maximum Gasteiger partial charge on any atom is 0.337 e. The Labute approximate surface area is 116 Å². The van der Waals surface area contributed by atoms with Gasteiger partial charge in [-0.1, -0.05) is 6.92 Å². The van der Waals surface area contributed by atoms with Crippen molar-refractivity contribution in [2.75, 3.05) is 11.9 Å². The molecule has 0 aromatic heterocycles. The Hall–Kier alpha value is -1.95. The second-order valence-electron chi connectivity index (χ2n) is 4.92. The normalized spacial score (nSPS) is 21.7. The summed E-state index contributed by atoms with van der Waals surface area (Å²) in [6.45, 7) is 2.64. The third kappa shape index (κ3) is 2.65. The van der Waals surface area contributed by atoms with Gasteiger partial charge < -0.3 is 15.7 Å². The summed E-state index contributed by atoms with van der Waals surface area (Å²) in [6.07, 6.45) is 2.17. The summed E-state index contributed by atoms with van der Waals surface area (Å²) in [6, 6.07) is 3.23. The van der Waals surface area contributed by atoms with E-state index in [4.69, 9.17) is 5.11 Å². The van der Waals surface area contributed by atoms with Crippen LogP contribution < -0.4 is 10.6 Å². The molecule has 1 atom stereocenters. The van der Waals surface area contributed by atoms with E-state index in [1.165, 1.54) is 0 Å². The first-order valence-electron chi connectivity index (χ1n) is 6.58. The van der Waals surface area contributed by atoms with Crippen LogP contribution >= 0.6 is 0 Å². The molecule has 0 aliphatic carbocycles. The summed E-state index contributed by atoms with van der Waals surface area (Å²) in [7, 11) is 0. The lowest BCUT2D eigenvalue weighted by Crippen LogP contribution is -2.50. The number of anilines is 1. The highest BCUT2D eigenvalue weighted by molar-refractivity contribution is 6.03. The molecular weight excluding hydrogens is 263 g/mol. The van der Waals surface area contributed by atoms with Crippen LogP contribution in [0, 0.1) is 5.82 Å². The minimum absolute atomic E-state index is 0.0102. The van der Waals surface area contributed by atoms with Crippen molar-refractivity contribution in [1.82, 2.24) is 5.32 Å². The Balaban J connectivity index is 2.27. The van der Waals surface area contributed by atoms with Crippen LogP contribution in [0.3, 0.4) is 0 Å². The largest absolute Gasteiger partial charge is 0.478 e. The predicted molar refractivity (Wildman–Crippen MR) is 72.2 cm³/mol.